The van der Waals surface area contributed by atoms with Gasteiger partial charge in [0.1, 0.15) is 5.75 Å². The highest BCUT2D eigenvalue weighted by molar-refractivity contribution is 5.85. The molecule has 1 aliphatic rings. The van der Waals surface area contributed by atoms with Crippen molar-refractivity contribution in [3.8, 4) is 5.75 Å². The van der Waals surface area contributed by atoms with E-state index >= 15 is 0 Å². The number of fused-ring (bicyclic) bond motifs is 1. The molecule has 6 nitrogen and oxygen atoms in total. The van der Waals surface area contributed by atoms with Crippen LogP contribution in [0, 0.1) is 13.8 Å². The fraction of sp³-hybridized carbons (Fsp3) is 0.333. The molecule has 2 N–H and O–H groups in total. The number of carbonyl (C=O) groups is 2. The standard InChI is InChI=1S/C21H25N3O3/c1-15-9-10-18(12-16(15)2)27-14-21(26)23-22-20(25)13-24-11-5-7-17-6-3-4-8-19(17)24/h3-4,6,8-10,12H,5,7,11,13-14H2,1-2H3,(H,22,25)(H,23,26). The lowest BCUT2D eigenvalue weighted by Gasteiger charge is -2.30. The minimum atomic E-state index is -0.402. The number of nitrogens with zero attached hydrogens (tertiary/aromatic N) is 1. The van der Waals surface area contributed by atoms with Gasteiger partial charge in [-0.3, -0.25) is 20.4 Å². The molecule has 0 aromatic heterocycles. The Morgan fingerprint density at radius 2 is 1.81 bits per heavy atom. The zero-order valence-electron chi connectivity index (χ0n) is 15.7. The fourth-order valence-corrected chi connectivity index (χ4v) is 3.12. The van der Waals surface area contributed by atoms with E-state index in [1.807, 2.05) is 55.1 Å². The Kier molecular flexibility index (Phi) is 5.96. The van der Waals surface area contributed by atoms with Crippen molar-refractivity contribution in [1.82, 2.24) is 10.9 Å². The number of amides is 2. The van der Waals surface area contributed by atoms with Gasteiger partial charge < -0.3 is 9.64 Å². The highest BCUT2D eigenvalue weighted by Crippen LogP contribution is 2.26. The molecule has 3 rings (SSSR count). The zero-order valence-corrected chi connectivity index (χ0v) is 15.7. The number of hydrogen-bond acceptors (Lipinski definition) is 4. The minimum absolute atomic E-state index is 0.157. The van der Waals surface area contributed by atoms with E-state index < -0.39 is 5.91 Å². The van der Waals surface area contributed by atoms with Gasteiger partial charge in [-0.05, 0) is 61.6 Å². The summed E-state index contributed by atoms with van der Waals surface area (Å²) in [5.74, 6) is -0.0312. The summed E-state index contributed by atoms with van der Waals surface area (Å²) in [4.78, 5) is 26.1. The van der Waals surface area contributed by atoms with E-state index in [0.29, 0.717) is 5.75 Å². The molecule has 27 heavy (non-hydrogen) atoms. The summed E-state index contributed by atoms with van der Waals surface area (Å²) in [7, 11) is 0. The first kappa shape index (κ1) is 18.8. The lowest BCUT2D eigenvalue weighted by Crippen LogP contribution is -2.48. The highest BCUT2D eigenvalue weighted by atomic mass is 16.5. The van der Waals surface area contributed by atoms with E-state index in [-0.39, 0.29) is 19.1 Å². The van der Waals surface area contributed by atoms with Crippen molar-refractivity contribution in [3.63, 3.8) is 0 Å². The van der Waals surface area contributed by atoms with Gasteiger partial charge >= 0.3 is 0 Å². The quantitative estimate of drug-likeness (QED) is 0.796. The second-order valence-electron chi connectivity index (χ2n) is 6.78. The van der Waals surface area contributed by atoms with Crippen LogP contribution in [0.3, 0.4) is 0 Å². The van der Waals surface area contributed by atoms with Crippen LogP contribution in [0.4, 0.5) is 5.69 Å². The number of hydrogen-bond donors (Lipinski definition) is 2. The number of rotatable bonds is 5. The topological polar surface area (TPSA) is 70.7 Å². The summed E-state index contributed by atoms with van der Waals surface area (Å²) in [6.07, 6.45) is 2.04. The van der Waals surface area contributed by atoms with E-state index in [9.17, 15) is 9.59 Å². The number of anilines is 1. The average Bonchev–Trinajstić information content (AvgIpc) is 2.67. The van der Waals surface area contributed by atoms with Crippen molar-refractivity contribution in [3.05, 3.63) is 59.2 Å². The van der Waals surface area contributed by atoms with Crippen LogP contribution >= 0.6 is 0 Å². The zero-order chi connectivity index (χ0) is 19.2. The van der Waals surface area contributed by atoms with Crippen molar-refractivity contribution in [2.24, 2.45) is 0 Å². The van der Waals surface area contributed by atoms with Crippen LogP contribution in [0.15, 0.2) is 42.5 Å². The molecule has 2 amide bonds. The van der Waals surface area contributed by atoms with Gasteiger partial charge in [-0.15, -0.1) is 0 Å². The highest BCUT2D eigenvalue weighted by Gasteiger charge is 2.18. The number of para-hydroxylation sites is 1. The maximum Gasteiger partial charge on any atom is 0.276 e. The summed E-state index contributed by atoms with van der Waals surface area (Å²) >= 11 is 0. The molecule has 0 spiro atoms. The minimum Gasteiger partial charge on any atom is -0.484 e. The molecule has 0 unspecified atom stereocenters. The van der Waals surface area contributed by atoms with Gasteiger partial charge in [0, 0.05) is 12.2 Å². The number of carbonyl (C=O) groups excluding carboxylic acids is 2. The number of aryl methyl sites for hydroxylation is 3. The Labute approximate surface area is 159 Å². The van der Waals surface area contributed by atoms with Crippen molar-refractivity contribution in [2.45, 2.75) is 26.7 Å². The largest absolute Gasteiger partial charge is 0.484 e. The van der Waals surface area contributed by atoms with Crippen molar-refractivity contribution in [2.75, 3.05) is 24.6 Å². The van der Waals surface area contributed by atoms with E-state index in [4.69, 9.17) is 4.74 Å². The van der Waals surface area contributed by atoms with E-state index in [1.165, 1.54) is 11.1 Å². The molecule has 0 atom stereocenters. The molecule has 6 heteroatoms. The summed E-state index contributed by atoms with van der Waals surface area (Å²) < 4.78 is 5.46. The van der Waals surface area contributed by atoms with Gasteiger partial charge in [-0.1, -0.05) is 24.3 Å². The van der Waals surface area contributed by atoms with E-state index in [0.717, 1.165) is 30.6 Å². The molecule has 0 fully saturated rings. The van der Waals surface area contributed by atoms with Crippen molar-refractivity contribution in [1.29, 1.82) is 0 Å². The lowest BCUT2D eigenvalue weighted by molar-refractivity contribution is -0.129. The second kappa shape index (κ2) is 8.58. The summed E-state index contributed by atoms with van der Waals surface area (Å²) in [6.45, 7) is 4.88. The van der Waals surface area contributed by atoms with Crippen molar-refractivity contribution >= 4 is 17.5 Å². The first-order valence-electron chi connectivity index (χ1n) is 9.13. The van der Waals surface area contributed by atoms with E-state index in [1.54, 1.807) is 0 Å². The molecule has 0 bridgehead atoms. The van der Waals surface area contributed by atoms with Gasteiger partial charge in [0.2, 0.25) is 0 Å². The Bertz CT molecular complexity index is 835. The predicted molar refractivity (Wildman–Crippen MR) is 105 cm³/mol. The van der Waals surface area contributed by atoms with Crippen LogP contribution in [0.1, 0.15) is 23.1 Å². The van der Waals surface area contributed by atoms with Crippen LogP contribution < -0.4 is 20.5 Å². The molecular weight excluding hydrogens is 342 g/mol. The van der Waals surface area contributed by atoms with E-state index in [2.05, 4.69) is 16.9 Å². The summed E-state index contributed by atoms with van der Waals surface area (Å²) in [5, 5.41) is 0. The SMILES string of the molecule is Cc1ccc(OCC(=O)NNC(=O)CN2CCCc3ccccc32)cc1C. The second-order valence-corrected chi connectivity index (χ2v) is 6.78. The number of ether oxygens (including phenoxy) is 1. The molecule has 142 valence electrons. The number of hydrazine groups is 1. The molecule has 2 aromatic carbocycles. The first-order valence-corrected chi connectivity index (χ1v) is 9.13. The van der Waals surface area contributed by atoms with Crippen LogP contribution in [-0.4, -0.2) is 31.5 Å². The Hall–Kier alpha value is -3.02. The summed E-state index contributed by atoms with van der Waals surface area (Å²) in [6, 6.07) is 13.7. The molecule has 2 aromatic rings. The van der Waals surface area contributed by atoms with Crippen LogP contribution in [0.25, 0.3) is 0 Å². The fourth-order valence-electron chi connectivity index (χ4n) is 3.12. The van der Waals surface area contributed by atoms with Crippen LogP contribution in [0.5, 0.6) is 5.75 Å². The first-order chi connectivity index (χ1) is 13.0. The number of nitrogens with one attached hydrogen (secondary N) is 2. The third-order valence-corrected chi connectivity index (χ3v) is 4.73. The Balaban J connectivity index is 1.44. The molecule has 1 aliphatic heterocycles. The van der Waals surface area contributed by atoms with Gasteiger partial charge in [-0.2, -0.15) is 0 Å². The maximum absolute atomic E-state index is 12.2. The monoisotopic (exact) mass is 367 g/mol. The predicted octanol–water partition coefficient (Wildman–Crippen LogP) is 2.28. The smallest absolute Gasteiger partial charge is 0.276 e. The molecule has 0 saturated carbocycles. The van der Waals surface area contributed by atoms with Gasteiger partial charge in [0.05, 0.1) is 6.54 Å². The average molecular weight is 367 g/mol. The maximum atomic E-state index is 12.2. The van der Waals surface area contributed by atoms with Gasteiger partial charge in [0.15, 0.2) is 6.61 Å². The molecule has 1 heterocycles. The van der Waals surface area contributed by atoms with Crippen LogP contribution in [0.2, 0.25) is 0 Å². The summed E-state index contributed by atoms with van der Waals surface area (Å²) in [5.41, 5.74) is 9.46. The van der Waals surface area contributed by atoms with Gasteiger partial charge in [-0.25, -0.2) is 0 Å². The number of benzene rings is 2. The molecule has 0 saturated heterocycles. The molecular formula is C21H25N3O3. The third kappa shape index (κ3) is 5.00. The Morgan fingerprint density at radius 1 is 1.04 bits per heavy atom. The Morgan fingerprint density at radius 3 is 2.63 bits per heavy atom. The normalized spacial score (nSPS) is 12.9. The lowest BCUT2D eigenvalue weighted by atomic mass is 10.0. The van der Waals surface area contributed by atoms with Crippen LogP contribution in [-0.2, 0) is 16.0 Å². The van der Waals surface area contributed by atoms with Crippen molar-refractivity contribution < 1.29 is 14.3 Å². The third-order valence-electron chi connectivity index (χ3n) is 4.73. The molecule has 0 aliphatic carbocycles. The van der Waals surface area contributed by atoms with Gasteiger partial charge in [0.25, 0.3) is 11.8 Å². The molecule has 0 radical (unpaired) electrons.